The highest BCUT2D eigenvalue weighted by Gasteiger charge is 2.04. The molecule has 2 aromatic rings. The molecule has 0 aliphatic heterocycles. The molecule has 0 saturated carbocycles. The van der Waals surface area contributed by atoms with Crippen molar-refractivity contribution in [3.8, 4) is 6.07 Å². The summed E-state index contributed by atoms with van der Waals surface area (Å²) in [4.78, 5) is 2.70. The minimum Gasteiger partial charge on any atom is -0.381 e. The zero-order valence-corrected chi connectivity index (χ0v) is 11.7. The van der Waals surface area contributed by atoms with Gasteiger partial charge >= 0.3 is 0 Å². The van der Waals surface area contributed by atoms with Gasteiger partial charge in [-0.3, -0.25) is 0 Å². The Balaban J connectivity index is 2.15. The zero-order chi connectivity index (χ0) is 13.1. The summed E-state index contributed by atoms with van der Waals surface area (Å²) in [6.07, 6.45) is 0. The van der Waals surface area contributed by atoms with Crippen molar-refractivity contribution >= 4 is 17.0 Å². The lowest BCUT2D eigenvalue weighted by molar-refractivity contribution is 1.13. The number of nitriles is 1. The predicted octanol–water partition coefficient (Wildman–Crippen LogP) is 4.16. The van der Waals surface area contributed by atoms with E-state index in [2.05, 4.69) is 38.2 Å². The second-order valence-corrected chi connectivity index (χ2v) is 5.89. The van der Waals surface area contributed by atoms with Crippen molar-refractivity contribution in [2.75, 3.05) is 5.32 Å². The van der Waals surface area contributed by atoms with Crippen LogP contribution in [0.25, 0.3) is 0 Å². The highest BCUT2D eigenvalue weighted by molar-refractivity contribution is 7.12. The normalized spacial score (nSPS) is 10.1. The SMILES string of the molecule is Cc1cc(CNc2cc(C#N)ccc2C)c(C)s1. The van der Waals surface area contributed by atoms with Crippen LogP contribution in [-0.2, 0) is 6.54 Å². The molecule has 0 atom stereocenters. The second kappa shape index (κ2) is 5.24. The first-order chi connectivity index (χ1) is 8.60. The third-order valence-electron chi connectivity index (χ3n) is 2.98. The van der Waals surface area contributed by atoms with E-state index < -0.39 is 0 Å². The van der Waals surface area contributed by atoms with E-state index in [1.165, 1.54) is 20.9 Å². The Labute approximate surface area is 112 Å². The summed E-state index contributed by atoms with van der Waals surface area (Å²) in [7, 11) is 0. The van der Waals surface area contributed by atoms with Crippen LogP contribution in [0.15, 0.2) is 24.3 Å². The van der Waals surface area contributed by atoms with E-state index in [1.54, 1.807) is 0 Å². The van der Waals surface area contributed by atoms with Gasteiger partial charge in [0.2, 0.25) is 0 Å². The number of nitrogens with zero attached hydrogens (tertiary/aromatic N) is 1. The van der Waals surface area contributed by atoms with Crippen molar-refractivity contribution in [1.82, 2.24) is 0 Å². The molecule has 0 aliphatic carbocycles. The summed E-state index contributed by atoms with van der Waals surface area (Å²) in [6, 6.07) is 10.1. The molecular formula is C15H16N2S. The Morgan fingerprint density at radius 1 is 1.22 bits per heavy atom. The second-order valence-electron chi connectivity index (χ2n) is 4.43. The average molecular weight is 256 g/mol. The van der Waals surface area contributed by atoms with E-state index in [1.807, 2.05) is 29.5 Å². The molecular weight excluding hydrogens is 240 g/mol. The number of aryl methyl sites for hydroxylation is 3. The van der Waals surface area contributed by atoms with Crippen molar-refractivity contribution in [2.45, 2.75) is 27.3 Å². The number of nitrogens with one attached hydrogen (secondary N) is 1. The molecule has 0 fully saturated rings. The minimum absolute atomic E-state index is 0.696. The van der Waals surface area contributed by atoms with Gasteiger partial charge in [-0.15, -0.1) is 11.3 Å². The van der Waals surface area contributed by atoms with Crippen LogP contribution in [0, 0.1) is 32.1 Å². The van der Waals surface area contributed by atoms with Crippen molar-refractivity contribution < 1.29 is 0 Å². The topological polar surface area (TPSA) is 35.8 Å². The molecule has 1 N–H and O–H groups in total. The molecule has 1 aromatic carbocycles. The number of hydrogen-bond acceptors (Lipinski definition) is 3. The molecule has 2 rings (SSSR count). The van der Waals surface area contributed by atoms with Gasteiger partial charge in [0.05, 0.1) is 11.6 Å². The van der Waals surface area contributed by atoms with Crippen molar-refractivity contribution in [3.63, 3.8) is 0 Å². The molecule has 0 unspecified atom stereocenters. The summed E-state index contributed by atoms with van der Waals surface area (Å²) in [6.45, 7) is 7.14. The Morgan fingerprint density at radius 3 is 2.61 bits per heavy atom. The number of hydrogen-bond donors (Lipinski definition) is 1. The Hall–Kier alpha value is -1.79. The van der Waals surface area contributed by atoms with Gasteiger partial charge in [-0.25, -0.2) is 0 Å². The zero-order valence-electron chi connectivity index (χ0n) is 10.9. The molecule has 0 spiro atoms. The molecule has 3 heteroatoms. The summed E-state index contributed by atoms with van der Waals surface area (Å²) >= 11 is 1.82. The first-order valence-corrected chi connectivity index (χ1v) is 6.72. The summed E-state index contributed by atoms with van der Waals surface area (Å²) in [5, 5.41) is 12.3. The third kappa shape index (κ3) is 2.72. The van der Waals surface area contributed by atoms with Crippen LogP contribution in [-0.4, -0.2) is 0 Å². The molecule has 2 nitrogen and oxygen atoms in total. The lowest BCUT2D eigenvalue weighted by atomic mass is 10.1. The predicted molar refractivity (Wildman–Crippen MR) is 77.0 cm³/mol. The molecule has 0 aliphatic rings. The highest BCUT2D eigenvalue weighted by atomic mass is 32.1. The number of rotatable bonds is 3. The van der Waals surface area contributed by atoms with Gasteiger partial charge < -0.3 is 5.32 Å². The van der Waals surface area contributed by atoms with E-state index in [-0.39, 0.29) is 0 Å². The molecule has 1 aromatic heterocycles. The van der Waals surface area contributed by atoms with Gasteiger partial charge in [-0.1, -0.05) is 6.07 Å². The van der Waals surface area contributed by atoms with Crippen LogP contribution in [0.4, 0.5) is 5.69 Å². The van der Waals surface area contributed by atoms with Gasteiger partial charge in [0.1, 0.15) is 0 Å². The summed E-state index contributed by atoms with van der Waals surface area (Å²) < 4.78 is 0. The first kappa shape index (κ1) is 12.7. The molecule has 0 bridgehead atoms. The van der Waals surface area contributed by atoms with Crippen molar-refractivity contribution in [3.05, 3.63) is 50.7 Å². The summed E-state index contributed by atoms with van der Waals surface area (Å²) in [5.74, 6) is 0. The van der Waals surface area contributed by atoms with Gasteiger partial charge in [-0.05, 0) is 50.1 Å². The first-order valence-electron chi connectivity index (χ1n) is 5.90. The monoisotopic (exact) mass is 256 g/mol. The largest absolute Gasteiger partial charge is 0.381 e. The van der Waals surface area contributed by atoms with Crippen LogP contribution in [0.5, 0.6) is 0 Å². The molecule has 0 radical (unpaired) electrons. The van der Waals surface area contributed by atoms with Crippen molar-refractivity contribution in [2.24, 2.45) is 0 Å². The number of benzene rings is 1. The quantitative estimate of drug-likeness (QED) is 0.895. The van der Waals surface area contributed by atoms with E-state index >= 15 is 0 Å². The van der Waals surface area contributed by atoms with E-state index in [4.69, 9.17) is 5.26 Å². The lowest BCUT2D eigenvalue weighted by Crippen LogP contribution is -2.01. The fourth-order valence-electron chi connectivity index (χ4n) is 1.93. The summed E-state index contributed by atoms with van der Waals surface area (Å²) in [5.41, 5.74) is 4.23. The minimum atomic E-state index is 0.696. The van der Waals surface area contributed by atoms with E-state index in [9.17, 15) is 0 Å². The van der Waals surface area contributed by atoms with Crippen LogP contribution in [0.3, 0.4) is 0 Å². The lowest BCUT2D eigenvalue weighted by Gasteiger charge is -2.09. The number of anilines is 1. The maximum Gasteiger partial charge on any atom is 0.0992 e. The molecule has 92 valence electrons. The fraction of sp³-hybridized carbons (Fsp3) is 0.267. The molecule has 18 heavy (non-hydrogen) atoms. The Morgan fingerprint density at radius 2 is 2.00 bits per heavy atom. The maximum atomic E-state index is 8.91. The van der Waals surface area contributed by atoms with Crippen molar-refractivity contribution in [1.29, 1.82) is 5.26 Å². The Bertz CT molecular complexity index is 605. The highest BCUT2D eigenvalue weighted by Crippen LogP contribution is 2.23. The molecule has 1 heterocycles. The van der Waals surface area contributed by atoms with Gasteiger partial charge in [-0.2, -0.15) is 5.26 Å². The van der Waals surface area contributed by atoms with Gasteiger partial charge in [0.15, 0.2) is 0 Å². The maximum absolute atomic E-state index is 8.91. The average Bonchev–Trinajstić information content (AvgIpc) is 2.67. The molecule has 0 amide bonds. The fourth-order valence-corrected chi connectivity index (χ4v) is 2.88. The van der Waals surface area contributed by atoms with Crippen LogP contribution < -0.4 is 5.32 Å². The van der Waals surface area contributed by atoms with E-state index in [0.29, 0.717) is 5.56 Å². The van der Waals surface area contributed by atoms with E-state index in [0.717, 1.165) is 12.2 Å². The molecule has 0 saturated heterocycles. The van der Waals surface area contributed by atoms with Gasteiger partial charge in [0.25, 0.3) is 0 Å². The standard InChI is InChI=1S/C15H16N2S/c1-10-4-5-13(8-16)7-15(10)17-9-14-6-11(2)18-12(14)3/h4-7,17H,9H2,1-3H3. The Kier molecular flexibility index (Phi) is 3.69. The van der Waals surface area contributed by atoms with Crippen LogP contribution in [0.2, 0.25) is 0 Å². The third-order valence-corrected chi connectivity index (χ3v) is 3.99. The van der Waals surface area contributed by atoms with Gasteiger partial charge in [0, 0.05) is 22.0 Å². The van der Waals surface area contributed by atoms with Crippen LogP contribution >= 0.6 is 11.3 Å². The smallest absolute Gasteiger partial charge is 0.0992 e. The van der Waals surface area contributed by atoms with Crippen LogP contribution in [0.1, 0.15) is 26.4 Å². The number of thiophene rings is 1.